The monoisotopic (exact) mass is 212 g/mol. The van der Waals surface area contributed by atoms with Crippen molar-refractivity contribution in [2.75, 3.05) is 0 Å². The van der Waals surface area contributed by atoms with Gasteiger partial charge in [0.15, 0.2) is 14.1 Å². The fourth-order valence-corrected chi connectivity index (χ4v) is 4.76. The Balaban J connectivity index is 2.60. The molecule has 0 spiro atoms. The SMILES string of the molecule is CC[Si](CC)(CC)OC1CC=CC1=O. The smallest absolute Gasteiger partial charge is 0.193 e. The van der Waals surface area contributed by atoms with Crippen LogP contribution in [0.1, 0.15) is 27.2 Å². The molecule has 0 fully saturated rings. The van der Waals surface area contributed by atoms with Crippen molar-refractivity contribution in [2.45, 2.75) is 51.4 Å². The van der Waals surface area contributed by atoms with E-state index in [0.717, 1.165) is 24.6 Å². The van der Waals surface area contributed by atoms with Crippen LogP contribution < -0.4 is 0 Å². The molecule has 1 rings (SSSR count). The molecule has 0 saturated heterocycles. The third-order valence-electron chi connectivity index (χ3n) is 3.27. The van der Waals surface area contributed by atoms with Crippen LogP contribution in [0.4, 0.5) is 0 Å². The maximum absolute atomic E-state index is 11.4. The van der Waals surface area contributed by atoms with Gasteiger partial charge in [-0.1, -0.05) is 26.8 Å². The first-order valence-corrected chi connectivity index (χ1v) is 8.08. The molecular formula is C11H20O2Si. The number of ketones is 1. The third kappa shape index (κ3) is 2.33. The molecule has 0 aromatic heterocycles. The van der Waals surface area contributed by atoms with Crippen molar-refractivity contribution in [2.24, 2.45) is 0 Å². The Morgan fingerprint density at radius 1 is 1.36 bits per heavy atom. The van der Waals surface area contributed by atoms with E-state index in [-0.39, 0.29) is 11.9 Å². The Kier molecular flexibility index (Phi) is 4.07. The van der Waals surface area contributed by atoms with E-state index in [9.17, 15) is 4.79 Å². The molecule has 1 aliphatic carbocycles. The summed E-state index contributed by atoms with van der Waals surface area (Å²) in [5, 5.41) is 0. The maximum Gasteiger partial charge on any atom is 0.193 e. The summed E-state index contributed by atoms with van der Waals surface area (Å²) < 4.78 is 6.09. The zero-order valence-electron chi connectivity index (χ0n) is 9.38. The highest BCUT2D eigenvalue weighted by Gasteiger charge is 2.34. The van der Waals surface area contributed by atoms with Crippen molar-refractivity contribution in [3.8, 4) is 0 Å². The zero-order valence-corrected chi connectivity index (χ0v) is 10.4. The number of carbonyl (C=O) groups excluding carboxylic acids is 1. The first kappa shape index (κ1) is 11.7. The summed E-state index contributed by atoms with van der Waals surface area (Å²) in [6.45, 7) is 6.56. The first-order chi connectivity index (χ1) is 6.67. The number of hydrogen-bond donors (Lipinski definition) is 0. The molecule has 1 aliphatic rings. The average Bonchev–Trinajstić information content (AvgIpc) is 2.61. The third-order valence-corrected chi connectivity index (χ3v) is 7.93. The molecule has 14 heavy (non-hydrogen) atoms. The number of hydrogen-bond acceptors (Lipinski definition) is 2. The van der Waals surface area contributed by atoms with Gasteiger partial charge in [0.05, 0.1) is 0 Å². The van der Waals surface area contributed by atoms with Crippen molar-refractivity contribution in [3.63, 3.8) is 0 Å². The van der Waals surface area contributed by atoms with Gasteiger partial charge >= 0.3 is 0 Å². The minimum Gasteiger partial charge on any atom is -0.406 e. The summed E-state index contributed by atoms with van der Waals surface area (Å²) in [7, 11) is -1.59. The van der Waals surface area contributed by atoms with Crippen molar-refractivity contribution < 1.29 is 9.22 Å². The van der Waals surface area contributed by atoms with Crippen LogP contribution in [0.25, 0.3) is 0 Å². The predicted octanol–water partition coefficient (Wildman–Crippen LogP) is 2.91. The van der Waals surface area contributed by atoms with E-state index in [2.05, 4.69) is 20.8 Å². The van der Waals surface area contributed by atoms with E-state index in [1.54, 1.807) is 6.08 Å². The van der Waals surface area contributed by atoms with Gasteiger partial charge in [0.25, 0.3) is 0 Å². The molecule has 0 aliphatic heterocycles. The van der Waals surface area contributed by atoms with E-state index in [1.807, 2.05) is 6.08 Å². The van der Waals surface area contributed by atoms with Crippen molar-refractivity contribution in [3.05, 3.63) is 12.2 Å². The van der Waals surface area contributed by atoms with Crippen LogP contribution in [0.5, 0.6) is 0 Å². The highest BCUT2D eigenvalue weighted by molar-refractivity contribution is 6.73. The fraction of sp³-hybridized carbons (Fsp3) is 0.727. The minimum absolute atomic E-state index is 0.151. The van der Waals surface area contributed by atoms with Crippen LogP contribution in [0.15, 0.2) is 12.2 Å². The molecule has 0 amide bonds. The molecule has 0 aromatic carbocycles. The highest BCUT2D eigenvalue weighted by atomic mass is 28.4. The molecule has 2 nitrogen and oxygen atoms in total. The van der Waals surface area contributed by atoms with Gasteiger partial charge in [0, 0.05) is 0 Å². The normalized spacial score (nSPS) is 21.9. The summed E-state index contributed by atoms with van der Waals surface area (Å²) in [6, 6.07) is 3.34. The second kappa shape index (κ2) is 4.89. The van der Waals surface area contributed by atoms with Crippen LogP contribution in [0.3, 0.4) is 0 Å². The highest BCUT2D eigenvalue weighted by Crippen LogP contribution is 2.26. The summed E-state index contributed by atoms with van der Waals surface area (Å²) in [4.78, 5) is 11.4. The van der Waals surface area contributed by atoms with E-state index in [0.29, 0.717) is 0 Å². The van der Waals surface area contributed by atoms with E-state index in [1.165, 1.54) is 0 Å². The van der Waals surface area contributed by atoms with Crippen LogP contribution in [-0.2, 0) is 9.22 Å². The Bertz CT molecular complexity index is 223. The van der Waals surface area contributed by atoms with Gasteiger partial charge in [-0.25, -0.2) is 0 Å². The standard InChI is InChI=1S/C11H20O2Si/c1-4-14(5-2,6-3)13-11-9-7-8-10(11)12/h7-8,11H,4-6,9H2,1-3H3. The molecule has 0 saturated carbocycles. The molecule has 0 bridgehead atoms. The zero-order chi connectivity index (χ0) is 10.6. The van der Waals surface area contributed by atoms with Crippen molar-refractivity contribution in [1.29, 1.82) is 0 Å². The summed E-state index contributed by atoms with van der Waals surface area (Å²) in [5.41, 5.74) is 0. The van der Waals surface area contributed by atoms with Crippen LogP contribution in [-0.4, -0.2) is 20.2 Å². The van der Waals surface area contributed by atoms with Gasteiger partial charge in [0.2, 0.25) is 0 Å². The lowest BCUT2D eigenvalue weighted by Gasteiger charge is -2.30. The average molecular weight is 212 g/mol. The Labute approximate surface area is 87.5 Å². The summed E-state index contributed by atoms with van der Waals surface area (Å²) in [5.74, 6) is 0.164. The molecular weight excluding hydrogens is 192 g/mol. The molecule has 80 valence electrons. The van der Waals surface area contributed by atoms with Crippen LogP contribution >= 0.6 is 0 Å². The summed E-state index contributed by atoms with van der Waals surface area (Å²) >= 11 is 0. The topological polar surface area (TPSA) is 26.3 Å². The number of rotatable bonds is 5. The molecule has 0 heterocycles. The second-order valence-corrected chi connectivity index (χ2v) is 8.61. The molecule has 0 radical (unpaired) electrons. The van der Waals surface area contributed by atoms with Gasteiger partial charge in [-0.3, -0.25) is 4.79 Å². The van der Waals surface area contributed by atoms with Crippen LogP contribution in [0.2, 0.25) is 18.1 Å². The van der Waals surface area contributed by atoms with Crippen molar-refractivity contribution in [1.82, 2.24) is 0 Å². The first-order valence-electron chi connectivity index (χ1n) is 5.55. The molecule has 0 aromatic rings. The Hall–Kier alpha value is -0.413. The quantitative estimate of drug-likeness (QED) is 0.655. The van der Waals surface area contributed by atoms with Gasteiger partial charge in [-0.05, 0) is 30.6 Å². The van der Waals surface area contributed by atoms with Crippen molar-refractivity contribution >= 4 is 14.1 Å². The lowest BCUT2D eigenvalue weighted by molar-refractivity contribution is -0.120. The van der Waals surface area contributed by atoms with Gasteiger partial charge in [-0.2, -0.15) is 0 Å². The van der Waals surface area contributed by atoms with Crippen LogP contribution in [0, 0.1) is 0 Å². The largest absolute Gasteiger partial charge is 0.406 e. The van der Waals surface area contributed by atoms with E-state index in [4.69, 9.17) is 4.43 Å². The Morgan fingerprint density at radius 2 is 1.93 bits per heavy atom. The predicted molar refractivity (Wildman–Crippen MR) is 60.8 cm³/mol. The fourth-order valence-electron chi connectivity index (χ4n) is 1.94. The second-order valence-electron chi connectivity index (χ2n) is 3.89. The lowest BCUT2D eigenvalue weighted by atomic mass is 10.3. The minimum atomic E-state index is -1.59. The molecule has 1 unspecified atom stereocenters. The molecule has 1 atom stereocenters. The molecule has 3 heteroatoms. The number of carbonyl (C=O) groups is 1. The van der Waals surface area contributed by atoms with Gasteiger partial charge < -0.3 is 4.43 Å². The van der Waals surface area contributed by atoms with Gasteiger partial charge in [-0.15, -0.1) is 0 Å². The van der Waals surface area contributed by atoms with Gasteiger partial charge in [0.1, 0.15) is 6.10 Å². The Morgan fingerprint density at radius 3 is 2.29 bits per heavy atom. The molecule has 0 N–H and O–H groups in total. The van der Waals surface area contributed by atoms with E-state index < -0.39 is 8.32 Å². The maximum atomic E-state index is 11.4. The lowest BCUT2D eigenvalue weighted by Crippen LogP contribution is -2.41. The van der Waals surface area contributed by atoms with E-state index >= 15 is 0 Å². The summed E-state index contributed by atoms with van der Waals surface area (Å²) in [6.07, 6.45) is 4.22.